The van der Waals surface area contributed by atoms with E-state index in [2.05, 4.69) is 70.1 Å². The largest absolute Gasteiger partial charge is 0.416 e. The molecular weight excluding hydrogens is 421 g/mol. The van der Waals surface area contributed by atoms with E-state index in [4.69, 9.17) is 21.2 Å². The van der Waals surface area contributed by atoms with E-state index in [1.54, 1.807) is 0 Å². The van der Waals surface area contributed by atoms with Crippen LogP contribution in [0.3, 0.4) is 0 Å². The van der Waals surface area contributed by atoms with Crippen molar-refractivity contribution in [3.8, 4) is 0 Å². The maximum Gasteiger partial charge on any atom is 0.317 e. The summed E-state index contributed by atoms with van der Waals surface area (Å²) in [6.45, 7) is 15.8. The average Bonchev–Trinajstić information content (AvgIpc) is 3.27. The molecule has 0 aliphatic carbocycles. The van der Waals surface area contributed by atoms with Gasteiger partial charge in [-0.1, -0.05) is 24.3 Å². The zero-order valence-electron chi connectivity index (χ0n) is 18.5. The van der Waals surface area contributed by atoms with E-state index in [1.807, 2.05) is 0 Å². The average molecular weight is 457 g/mol. The molecule has 2 aliphatic heterocycles. The van der Waals surface area contributed by atoms with Crippen molar-refractivity contribution in [2.24, 2.45) is 0 Å². The van der Waals surface area contributed by atoms with Crippen LogP contribution in [-0.2, 0) is 34.0 Å². The van der Waals surface area contributed by atoms with Crippen molar-refractivity contribution in [1.82, 2.24) is 0 Å². The van der Waals surface area contributed by atoms with Crippen LogP contribution in [0.25, 0.3) is 0 Å². The van der Waals surface area contributed by atoms with Crippen molar-refractivity contribution in [3.05, 3.63) is 35.4 Å². The summed E-state index contributed by atoms with van der Waals surface area (Å²) in [5, 5.41) is 0. The first-order valence-corrected chi connectivity index (χ1v) is 21.3. The molecule has 28 heavy (non-hydrogen) atoms. The van der Waals surface area contributed by atoms with Crippen molar-refractivity contribution in [2.45, 2.75) is 77.2 Å². The summed E-state index contributed by atoms with van der Waals surface area (Å²) in [5.41, 5.74) is 2.74. The minimum Gasteiger partial charge on any atom is -0.416 e. The second kappa shape index (κ2) is 8.20. The summed E-state index contributed by atoms with van der Waals surface area (Å²) in [7, 11) is -9.11. The molecule has 5 nitrogen and oxygen atoms in total. The predicted octanol–water partition coefficient (Wildman–Crippen LogP) is 4.82. The van der Waals surface area contributed by atoms with Gasteiger partial charge in [0.1, 0.15) is 0 Å². The molecule has 0 saturated carbocycles. The Kier molecular flexibility index (Phi) is 6.61. The molecule has 0 radical (unpaired) electrons. The molecule has 1 aromatic rings. The number of aryl methyl sites for hydroxylation is 1. The van der Waals surface area contributed by atoms with Crippen LogP contribution >= 0.6 is 0 Å². The third-order valence-electron chi connectivity index (χ3n) is 4.89. The molecule has 9 heteroatoms. The molecule has 2 aliphatic rings. The third kappa shape index (κ3) is 6.99. The highest BCUT2D eigenvalue weighted by molar-refractivity contribution is 6.93. The quantitative estimate of drug-likeness (QED) is 0.454. The summed E-state index contributed by atoms with van der Waals surface area (Å²) in [6.07, 6.45) is 3.58. The molecular formula is C19H36O5Si4. The first kappa shape index (κ1) is 22.6. The second-order valence-electron chi connectivity index (χ2n) is 9.57. The smallest absolute Gasteiger partial charge is 0.317 e. The molecule has 0 N–H and O–H groups in total. The summed E-state index contributed by atoms with van der Waals surface area (Å²) in [6, 6.07) is 9.93. The molecule has 3 rings (SSSR count). The van der Waals surface area contributed by atoms with Gasteiger partial charge in [-0.3, -0.25) is 0 Å². The number of hydrogen-bond acceptors (Lipinski definition) is 5. The Morgan fingerprint density at radius 2 is 1.21 bits per heavy atom. The number of rotatable bonds is 6. The Morgan fingerprint density at radius 1 is 0.750 bits per heavy atom. The van der Waals surface area contributed by atoms with E-state index in [-0.39, 0.29) is 0 Å². The Hall–Kier alpha value is -0.112. The zero-order valence-corrected chi connectivity index (χ0v) is 22.5. The lowest BCUT2D eigenvalue weighted by Gasteiger charge is -2.47. The molecule has 0 aromatic heterocycles. The highest BCUT2D eigenvalue weighted by Gasteiger charge is 2.52. The maximum absolute atomic E-state index is 6.65. The first-order chi connectivity index (χ1) is 12.9. The molecule has 158 valence electrons. The molecule has 1 aromatic carbocycles. The van der Waals surface area contributed by atoms with Gasteiger partial charge in [0.15, 0.2) is 0 Å². The molecule has 0 spiro atoms. The van der Waals surface area contributed by atoms with E-state index in [0.29, 0.717) is 6.10 Å². The molecule has 0 bridgehead atoms. The number of hydrogen-bond donors (Lipinski definition) is 0. The molecule has 1 unspecified atom stereocenters. The lowest BCUT2D eigenvalue weighted by molar-refractivity contribution is 0.234. The van der Waals surface area contributed by atoms with Gasteiger partial charge < -0.3 is 21.2 Å². The minimum atomic E-state index is -2.35. The Bertz CT molecular complexity index is 651. The van der Waals surface area contributed by atoms with Crippen molar-refractivity contribution in [2.75, 3.05) is 6.61 Å². The van der Waals surface area contributed by atoms with Gasteiger partial charge in [0.05, 0.1) is 12.7 Å². The van der Waals surface area contributed by atoms with Crippen molar-refractivity contribution in [3.63, 3.8) is 0 Å². The molecule has 1 atom stereocenters. The fourth-order valence-electron chi connectivity index (χ4n) is 4.31. The van der Waals surface area contributed by atoms with E-state index in [9.17, 15) is 0 Å². The number of epoxide rings is 1. The van der Waals surface area contributed by atoms with Gasteiger partial charge in [-0.15, -0.1) is 0 Å². The van der Waals surface area contributed by atoms with E-state index in [0.717, 1.165) is 31.9 Å². The van der Waals surface area contributed by atoms with Crippen LogP contribution < -0.4 is 0 Å². The number of benzene rings is 1. The van der Waals surface area contributed by atoms with Crippen LogP contribution in [0.1, 0.15) is 17.5 Å². The summed E-state index contributed by atoms with van der Waals surface area (Å²) >= 11 is 0. The van der Waals surface area contributed by atoms with E-state index >= 15 is 0 Å². The van der Waals surface area contributed by atoms with Gasteiger partial charge in [-0.2, -0.15) is 0 Å². The van der Waals surface area contributed by atoms with Gasteiger partial charge in [-0.05, 0) is 75.8 Å². The lowest BCUT2D eigenvalue weighted by Crippen LogP contribution is -2.65. The Balaban J connectivity index is 1.59. The monoisotopic (exact) mass is 456 g/mol. The topological polar surface area (TPSA) is 49.5 Å². The maximum atomic E-state index is 6.65. The Morgan fingerprint density at radius 3 is 1.71 bits per heavy atom. The SMILES string of the molecule is C[Si]1(C)O[Si](C)(C)O[Si](C)(CCCc2ccc(CC3CO3)cc2)O[Si](C)(C)O1. The van der Waals surface area contributed by atoms with Crippen LogP contribution in [0.4, 0.5) is 0 Å². The summed E-state index contributed by atoms with van der Waals surface area (Å²) in [4.78, 5) is 0. The minimum absolute atomic E-state index is 0.447. The van der Waals surface area contributed by atoms with Gasteiger partial charge in [-0.25, -0.2) is 0 Å². The van der Waals surface area contributed by atoms with Gasteiger partial charge in [0.2, 0.25) is 0 Å². The van der Waals surface area contributed by atoms with Crippen LogP contribution in [0.2, 0.25) is 51.9 Å². The van der Waals surface area contributed by atoms with E-state index in [1.165, 1.54) is 11.1 Å². The summed E-state index contributed by atoms with van der Waals surface area (Å²) in [5.74, 6) is 0. The third-order valence-corrected chi connectivity index (χ3v) is 21.4. The molecule has 2 heterocycles. The van der Waals surface area contributed by atoms with Gasteiger partial charge in [0, 0.05) is 6.42 Å². The molecule has 0 amide bonds. The van der Waals surface area contributed by atoms with Gasteiger partial charge >= 0.3 is 34.2 Å². The van der Waals surface area contributed by atoms with E-state index < -0.39 is 34.2 Å². The highest BCUT2D eigenvalue weighted by Crippen LogP contribution is 2.33. The van der Waals surface area contributed by atoms with Crippen molar-refractivity contribution in [1.29, 1.82) is 0 Å². The Labute approximate surface area is 174 Å². The lowest BCUT2D eigenvalue weighted by atomic mass is 10.1. The second-order valence-corrected chi connectivity index (χ2v) is 24.0. The normalized spacial score (nSPS) is 27.6. The fourth-order valence-corrected chi connectivity index (χ4v) is 25.9. The number of ether oxygens (including phenoxy) is 1. The zero-order chi connectivity index (χ0) is 20.6. The first-order valence-electron chi connectivity index (χ1n) is 10.4. The fraction of sp³-hybridized carbons (Fsp3) is 0.684. The van der Waals surface area contributed by atoms with Crippen LogP contribution in [0.5, 0.6) is 0 Å². The highest BCUT2D eigenvalue weighted by atomic mass is 28.5. The van der Waals surface area contributed by atoms with Crippen molar-refractivity contribution < 1.29 is 21.2 Å². The van der Waals surface area contributed by atoms with Crippen molar-refractivity contribution >= 4 is 34.2 Å². The molecule has 2 saturated heterocycles. The van der Waals surface area contributed by atoms with Crippen LogP contribution in [0, 0.1) is 0 Å². The standard InChI is InChI=1S/C19H36O5Si4/c1-25(2)21-26(3,4)23-28(7,24-27(5,6)22-25)14-8-9-17-10-12-18(13-11-17)15-19-16-20-19/h10-13,19H,8-9,14-16H2,1-7H3. The van der Waals surface area contributed by atoms with Crippen LogP contribution in [-0.4, -0.2) is 47.0 Å². The van der Waals surface area contributed by atoms with Gasteiger partial charge in [0.25, 0.3) is 0 Å². The van der Waals surface area contributed by atoms with Crippen LogP contribution in [0.15, 0.2) is 24.3 Å². The summed E-state index contributed by atoms with van der Waals surface area (Å²) < 4.78 is 31.5. The predicted molar refractivity (Wildman–Crippen MR) is 121 cm³/mol. The molecule has 2 fully saturated rings.